The summed E-state index contributed by atoms with van der Waals surface area (Å²) in [6.07, 6.45) is 8.98. The van der Waals surface area contributed by atoms with E-state index < -0.39 is 0 Å². The van der Waals surface area contributed by atoms with Crippen molar-refractivity contribution in [1.82, 2.24) is 0 Å². The van der Waals surface area contributed by atoms with Crippen LogP contribution in [-0.4, -0.2) is 11.4 Å². The second-order valence-electron chi connectivity index (χ2n) is 5.45. The third-order valence-corrected chi connectivity index (χ3v) is 4.84. The molecule has 78 valence electrons. The normalized spacial score (nSPS) is 45.9. The molecule has 0 unspecified atom stereocenters. The minimum absolute atomic E-state index is 0.212. The maximum Gasteiger partial charge on any atom is 0.0472 e. The van der Waals surface area contributed by atoms with E-state index in [1.807, 2.05) is 0 Å². The Morgan fingerprint density at radius 3 is 2.36 bits per heavy atom. The zero-order valence-corrected chi connectivity index (χ0v) is 9.37. The van der Waals surface area contributed by atoms with E-state index in [2.05, 4.69) is 0 Å². The first kappa shape index (κ1) is 9.23. The molecule has 4 rings (SSSR count). The maximum absolute atomic E-state index is 6.32. The zero-order chi connectivity index (χ0) is 9.81. The zero-order valence-electron chi connectivity index (χ0n) is 8.61. The molecule has 4 aliphatic rings. The van der Waals surface area contributed by atoms with Gasteiger partial charge in [-0.15, -0.1) is 11.6 Å². The van der Waals surface area contributed by atoms with Crippen LogP contribution < -0.4 is 5.73 Å². The molecular weight excluding hydrogens is 194 g/mol. The Hall–Kier alpha value is -0.0100. The Balaban J connectivity index is 1.86. The van der Waals surface area contributed by atoms with Gasteiger partial charge in [0.2, 0.25) is 0 Å². The van der Waals surface area contributed by atoms with Gasteiger partial charge in [-0.3, -0.25) is 0 Å². The molecule has 0 saturated heterocycles. The molecule has 0 heterocycles. The summed E-state index contributed by atoms with van der Waals surface area (Å²) in [6.45, 7) is 0.784. The number of hydrogen-bond donors (Lipinski definition) is 1. The third-order valence-electron chi connectivity index (χ3n) is 4.43. The molecule has 0 amide bonds. The predicted octanol–water partition coefficient (Wildman–Crippen LogP) is 2.98. The molecule has 0 aromatic heterocycles. The molecule has 0 aromatic rings. The molecule has 3 saturated carbocycles. The fourth-order valence-corrected chi connectivity index (χ4v) is 4.58. The molecule has 0 atom stereocenters. The number of allylic oxidation sites excluding steroid dienone is 1. The van der Waals surface area contributed by atoms with Gasteiger partial charge in [0.25, 0.3) is 0 Å². The van der Waals surface area contributed by atoms with Crippen molar-refractivity contribution in [3.05, 3.63) is 11.1 Å². The van der Waals surface area contributed by atoms with E-state index in [1.165, 1.54) is 44.9 Å². The van der Waals surface area contributed by atoms with Crippen molar-refractivity contribution in [2.45, 2.75) is 49.8 Å². The van der Waals surface area contributed by atoms with Crippen molar-refractivity contribution in [3.8, 4) is 0 Å². The Labute approximate surface area is 90.7 Å². The monoisotopic (exact) mass is 211 g/mol. The number of halogens is 1. The summed E-state index contributed by atoms with van der Waals surface area (Å²) in [5.74, 6) is 0. The average Bonchev–Trinajstić information content (AvgIpc) is 2.11. The molecule has 4 aliphatic carbocycles. The van der Waals surface area contributed by atoms with E-state index in [1.54, 1.807) is 11.1 Å². The van der Waals surface area contributed by atoms with Gasteiger partial charge in [-0.05, 0) is 50.4 Å². The van der Waals surface area contributed by atoms with Gasteiger partial charge in [0.15, 0.2) is 0 Å². The standard InChI is InChI=1S/C12H18ClN/c13-12-6-11(7-12,8-12)10-4-2-1-3-9(10)5-14/h1-8,14H2. The molecule has 2 bridgehead atoms. The van der Waals surface area contributed by atoms with Gasteiger partial charge in [0.1, 0.15) is 0 Å². The summed E-state index contributed by atoms with van der Waals surface area (Å²) in [5, 5.41) is 0. The summed E-state index contributed by atoms with van der Waals surface area (Å²) in [6, 6.07) is 0. The van der Waals surface area contributed by atoms with Gasteiger partial charge in [-0.2, -0.15) is 0 Å². The van der Waals surface area contributed by atoms with Gasteiger partial charge in [0.05, 0.1) is 0 Å². The van der Waals surface area contributed by atoms with Crippen LogP contribution in [0.15, 0.2) is 11.1 Å². The first-order valence-electron chi connectivity index (χ1n) is 5.78. The highest BCUT2D eigenvalue weighted by atomic mass is 35.5. The lowest BCUT2D eigenvalue weighted by Gasteiger charge is -2.69. The average molecular weight is 212 g/mol. The van der Waals surface area contributed by atoms with Crippen LogP contribution in [0.1, 0.15) is 44.9 Å². The van der Waals surface area contributed by atoms with E-state index >= 15 is 0 Å². The lowest BCUT2D eigenvalue weighted by atomic mass is 9.40. The Morgan fingerprint density at radius 2 is 1.79 bits per heavy atom. The molecule has 2 heteroatoms. The van der Waals surface area contributed by atoms with Gasteiger partial charge >= 0.3 is 0 Å². The Morgan fingerprint density at radius 1 is 1.14 bits per heavy atom. The number of nitrogens with two attached hydrogens (primary N) is 1. The van der Waals surface area contributed by atoms with Crippen LogP contribution in [0.2, 0.25) is 0 Å². The van der Waals surface area contributed by atoms with Gasteiger partial charge in [-0.25, -0.2) is 0 Å². The number of hydrogen-bond acceptors (Lipinski definition) is 1. The highest BCUT2D eigenvalue weighted by Gasteiger charge is 2.68. The van der Waals surface area contributed by atoms with E-state index in [0.29, 0.717) is 5.41 Å². The van der Waals surface area contributed by atoms with Crippen molar-refractivity contribution >= 4 is 11.6 Å². The van der Waals surface area contributed by atoms with Crippen molar-refractivity contribution < 1.29 is 0 Å². The van der Waals surface area contributed by atoms with Crippen LogP contribution in [-0.2, 0) is 0 Å². The molecule has 0 aliphatic heterocycles. The summed E-state index contributed by atoms with van der Waals surface area (Å²) in [7, 11) is 0. The first-order chi connectivity index (χ1) is 6.68. The van der Waals surface area contributed by atoms with Crippen LogP contribution in [0, 0.1) is 5.41 Å². The van der Waals surface area contributed by atoms with Crippen molar-refractivity contribution in [2.24, 2.45) is 11.1 Å². The molecule has 1 nitrogen and oxygen atoms in total. The van der Waals surface area contributed by atoms with Crippen molar-refractivity contribution in [2.75, 3.05) is 6.54 Å². The molecule has 0 radical (unpaired) electrons. The Kier molecular flexibility index (Phi) is 1.82. The fraction of sp³-hybridized carbons (Fsp3) is 0.833. The summed E-state index contributed by atoms with van der Waals surface area (Å²) >= 11 is 6.32. The topological polar surface area (TPSA) is 26.0 Å². The van der Waals surface area contributed by atoms with E-state index in [9.17, 15) is 0 Å². The summed E-state index contributed by atoms with van der Waals surface area (Å²) in [5.41, 5.74) is 9.65. The molecule has 0 aromatic carbocycles. The summed E-state index contributed by atoms with van der Waals surface area (Å²) < 4.78 is 0. The molecule has 0 spiro atoms. The lowest BCUT2D eigenvalue weighted by molar-refractivity contribution is -0.0488. The largest absolute Gasteiger partial charge is 0.327 e. The van der Waals surface area contributed by atoms with Crippen LogP contribution in [0.3, 0.4) is 0 Å². The Bertz CT molecular complexity index is 286. The minimum atomic E-state index is 0.212. The number of alkyl halides is 1. The lowest BCUT2D eigenvalue weighted by Crippen LogP contribution is -2.64. The second kappa shape index (κ2) is 2.76. The van der Waals surface area contributed by atoms with Gasteiger partial charge in [0, 0.05) is 11.4 Å². The van der Waals surface area contributed by atoms with Gasteiger partial charge in [-0.1, -0.05) is 11.1 Å². The SMILES string of the molecule is NCC1=C(C23CC(Cl)(C2)C3)CCCC1. The predicted molar refractivity (Wildman–Crippen MR) is 59.4 cm³/mol. The highest BCUT2D eigenvalue weighted by molar-refractivity contribution is 6.26. The summed E-state index contributed by atoms with van der Waals surface area (Å²) in [4.78, 5) is 0.212. The fourth-order valence-electron chi connectivity index (χ4n) is 3.82. The maximum atomic E-state index is 6.32. The van der Waals surface area contributed by atoms with Crippen LogP contribution >= 0.6 is 11.6 Å². The van der Waals surface area contributed by atoms with E-state index in [0.717, 1.165) is 6.54 Å². The van der Waals surface area contributed by atoms with Gasteiger partial charge < -0.3 is 5.73 Å². The molecule has 14 heavy (non-hydrogen) atoms. The van der Waals surface area contributed by atoms with E-state index in [-0.39, 0.29) is 4.87 Å². The highest BCUT2D eigenvalue weighted by Crippen LogP contribution is 2.75. The van der Waals surface area contributed by atoms with Crippen molar-refractivity contribution in [1.29, 1.82) is 0 Å². The smallest absolute Gasteiger partial charge is 0.0472 e. The molecular formula is C12H18ClN. The first-order valence-corrected chi connectivity index (χ1v) is 6.16. The second-order valence-corrected chi connectivity index (χ2v) is 6.26. The van der Waals surface area contributed by atoms with Crippen molar-refractivity contribution in [3.63, 3.8) is 0 Å². The number of rotatable bonds is 2. The van der Waals surface area contributed by atoms with Crippen LogP contribution in [0.25, 0.3) is 0 Å². The van der Waals surface area contributed by atoms with E-state index in [4.69, 9.17) is 17.3 Å². The van der Waals surface area contributed by atoms with Crippen LogP contribution in [0.4, 0.5) is 0 Å². The third kappa shape index (κ3) is 1.06. The molecule has 3 fully saturated rings. The van der Waals surface area contributed by atoms with Crippen LogP contribution in [0.5, 0.6) is 0 Å². The minimum Gasteiger partial charge on any atom is -0.327 e. The molecule has 2 N–H and O–H groups in total. The quantitative estimate of drug-likeness (QED) is 0.552.